The van der Waals surface area contributed by atoms with Crippen molar-refractivity contribution in [3.05, 3.63) is 29.8 Å². The maximum absolute atomic E-state index is 12.7. The molecule has 2 nitrogen and oxygen atoms in total. The molecule has 0 spiro atoms. The second-order valence-electron chi connectivity index (χ2n) is 5.48. The van der Waals surface area contributed by atoms with Gasteiger partial charge >= 0.3 is 0 Å². The summed E-state index contributed by atoms with van der Waals surface area (Å²) in [6, 6.07) is 8.93. The van der Waals surface area contributed by atoms with Crippen LogP contribution in [0, 0.1) is 0 Å². The molecule has 2 aliphatic rings. The summed E-state index contributed by atoms with van der Waals surface area (Å²) in [6.07, 6.45) is 5.87. The molecule has 0 saturated heterocycles. The van der Waals surface area contributed by atoms with Crippen molar-refractivity contribution in [2.75, 3.05) is 6.54 Å². The zero-order valence-corrected chi connectivity index (χ0v) is 12.3. The van der Waals surface area contributed by atoms with E-state index >= 15 is 0 Å². The van der Waals surface area contributed by atoms with E-state index in [1.54, 1.807) is 11.8 Å². The molecule has 19 heavy (non-hydrogen) atoms. The van der Waals surface area contributed by atoms with Crippen LogP contribution < -0.4 is 0 Å². The van der Waals surface area contributed by atoms with Crippen LogP contribution in [-0.2, 0) is 11.2 Å². The normalized spacial score (nSPS) is 22.5. The van der Waals surface area contributed by atoms with Crippen LogP contribution in [0.4, 0.5) is 0 Å². The smallest absolute Gasteiger partial charge is 0.236 e. The Morgan fingerprint density at radius 3 is 2.74 bits per heavy atom. The van der Waals surface area contributed by atoms with E-state index in [0.717, 1.165) is 13.0 Å². The average Bonchev–Trinajstić information content (AvgIpc) is 3.08. The summed E-state index contributed by atoms with van der Waals surface area (Å²) in [4.78, 5) is 16.2. The number of thioether (sulfide) groups is 1. The van der Waals surface area contributed by atoms with Gasteiger partial charge in [0.25, 0.3) is 0 Å². The van der Waals surface area contributed by atoms with Crippen molar-refractivity contribution < 1.29 is 4.79 Å². The SMILES string of the molecule is CCN(C(=O)C1Cc2ccccc2S1)C1CCCC1. The molecule has 0 aromatic heterocycles. The Bertz CT molecular complexity index is 443. The van der Waals surface area contributed by atoms with Crippen LogP contribution in [0.15, 0.2) is 29.2 Å². The number of hydrogen-bond donors (Lipinski definition) is 0. The fourth-order valence-electron chi connectivity index (χ4n) is 3.31. The number of carbonyl (C=O) groups excluding carboxylic acids is 1. The van der Waals surface area contributed by atoms with Gasteiger partial charge in [-0.05, 0) is 37.8 Å². The van der Waals surface area contributed by atoms with E-state index in [-0.39, 0.29) is 5.25 Å². The predicted molar refractivity (Wildman–Crippen MR) is 79.4 cm³/mol. The standard InChI is InChI=1S/C16H21NOS/c1-2-17(13-8-4-5-9-13)16(18)15-11-12-7-3-6-10-14(12)19-15/h3,6-7,10,13,15H,2,4-5,8-9,11H2,1H3. The Labute approximate surface area is 119 Å². The van der Waals surface area contributed by atoms with Gasteiger partial charge in [-0.15, -0.1) is 11.8 Å². The molecule has 1 saturated carbocycles. The molecule has 0 bridgehead atoms. The highest BCUT2D eigenvalue weighted by atomic mass is 32.2. The van der Waals surface area contributed by atoms with Crippen LogP contribution in [0.5, 0.6) is 0 Å². The van der Waals surface area contributed by atoms with Gasteiger partial charge in [-0.1, -0.05) is 31.0 Å². The third-order valence-electron chi connectivity index (χ3n) is 4.31. The van der Waals surface area contributed by atoms with Crippen LogP contribution in [0.2, 0.25) is 0 Å². The number of carbonyl (C=O) groups is 1. The molecule has 1 unspecified atom stereocenters. The lowest BCUT2D eigenvalue weighted by molar-refractivity contribution is -0.132. The molecule has 1 aliphatic heterocycles. The van der Waals surface area contributed by atoms with Gasteiger partial charge in [0.1, 0.15) is 0 Å². The molecule has 102 valence electrons. The molecule has 1 heterocycles. The molecule has 1 amide bonds. The Balaban J connectivity index is 1.71. The van der Waals surface area contributed by atoms with Crippen molar-refractivity contribution in [2.45, 2.75) is 55.2 Å². The largest absolute Gasteiger partial charge is 0.339 e. The number of benzene rings is 1. The van der Waals surface area contributed by atoms with Gasteiger partial charge in [0, 0.05) is 17.5 Å². The van der Waals surface area contributed by atoms with Crippen molar-refractivity contribution in [2.24, 2.45) is 0 Å². The first-order valence-electron chi connectivity index (χ1n) is 7.34. The van der Waals surface area contributed by atoms with E-state index in [1.807, 2.05) is 0 Å². The lowest BCUT2D eigenvalue weighted by atomic mass is 10.1. The van der Waals surface area contributed by atoms with Gasteiger partial charge < -0.3 is 4.90 Å². The van der Waals surface area contributed by atoms with Gasteiger partial charge in [0.05, 0.1) is 5.25 Å². The van der Waals surface area contributed by atoms with Crippen molar-refractivity contribution in [3.8, 4) is 0 Å². The molecule has 1 aromatic carbocycles. The summed E-state index contributed by atoms with van der Waals surface area (Å²) in [5, 5.41) is 0.109. The molecule has 1 aliphatic carbocycles. The van der Waals surface area contributed by atoms with E-state index in [1.165, 1.54) is 36.1 Å². The van der Waals surface area contributed by atoms with Gasteiger partial charge in [0.2, 0.25) is 5.91 Å². The van der Waals surface area contributed by atoms with Crippen LogP contribution in [-0.4, -0.2) is 28.6 Å². The number of nitrogens with zero attached hydrogens (tertiary/aromatic N) is 1. The minimum absolute atomic E-state index is 0.109. The molecular weight excluding hydrogens is 254 g/mol. The molecule has 3 heteroatoms. The zero-order valence-electron chi connectivity index (χ0n) is 11.5. The quantitative estimate of drug-likeness (QED) is 0.841. The number of amides is 1. The average molecular weight is 275 g/mol. The fraction of sp³-hybridized carbons (Fsp3) is 0.562. The number of hydrogen-bond acceptors (Lipinski definition) is 2. The van der Waals surface area contributed by atoms with Crippen LogP contribution in [0.1, 0.15) is 38.2 Å². The van der Waals surface area contributed by atoms with Gasteiger partial charge in [-0.2, -0.15) is 0 Å². The maximum atomic E-state index is 12.7. The molecule has 1 aromatic rings. The molecule has 0 radical (unpaired) electrons. The first-order chi connectivity index (χ1) is 9.29. The summed E-state index contributed by atoms with van der Waals surface area (Å²) >= 11 is 1.76. The summed E-state index contributed by atoms with van der Waals surface area (Å²) in [6.45, 7) is 2.97. The third-order valence-corrected chi connectivity index (χ3v) is 5.62. The lowest BCUT2D eigenvalue weighted by Crippen LogP contribution is -2.43. The zero-order chi connectivity index (χ0) is 13.2. The second kappa shape index (κ2) is 5.58. The summed E-state index contributed by atoms with van der Waals surface area (Å²) < 4.78 is 0. The summed E-state index contributed by atoms with van der Waals surface area (Å²) in [7, 11) is 0. The van der Waals surface area contributed by atoms with Crippen LogP contribution >= 0.6 is 11.8 Å². The molecule has 1 fully saturated rings. The predicted octanol–water partition coefficient (Wildman–Crippen LogP) is 3.49. The third kappa shape index (κ3) is 2.53. The fourth-order valence-corrected chi connectivity index (χ4v) is 4.58. The van der Waals surface area contributed by atoms with Gasteiger partial charge in [-0.25, -0.2) is 0 Å². The minimum atomic E-state index is 0.109. The minimum Gasteiger partial charge on any atom is -0.339 e. The highest BCUT2D eigenvalue weighted by Crippen LogP contribution is 2.38. The van der Waals surface area contributed by atoms with Gasteiger partial charge in [0.15, 0.2) is 0 Å². The van der Waals surface area contributed by atoms with Crippen LogP contribution in [0.25, 0.3) is 0 Å². The molecular formula is C16H21NOS. The van der Waals surface area contributed by atoms with Crippen molar-refractivity contribution in [1.29, 1.82) is 0 Å². The monoisotopic (exact) mass is 275 g/mol. The Hall–Kier alpha value is -0.960. The Kier molecular flexibility index (Phi) is 3.83. The molecule has 1 atom stereocenters. The first-order valence-corrected chi connectivity index (χ1v) is 8.22. The molecule has 3 rings (SSSR count). The highest BCUT2D eigenvalue weighted by Gasteiger charge is 2.34. The van der Waals surface area contributed by atoms with Crippen molar-refractivity contribution in [1.82, 2.24) is 4.90 Å². The van der Waals surface area contributed by atoms with Gasteiger partial charge in [-0.3, -0.25) is 4.79 Å². The van der Waals surface area contributed by atoms with E-state index in [2.05, 4.69) is 36.1 Å². The van der Waals surface area contributed by atoms with E-state index in [4.69, 9.17) is 0 Å². The Morgan fingerprint density at radius 2 is 2.05 bits per heavy atom. The van der Waals surface area contributed by atoms with E-state index in [0.29, 0.717) is 11.9 Å². The topological polar surface area (TPSA) is 20.3 Å². The number of fused-ring (bicyclic) bond motifs is 1. The number of rotatable bonds is 3. The van der Waals surface area contributed by atoms with Crippen molar-refractivity contribution >= 4 is 17.7 Å². The second-order valence-corrected chi connectivity index (χ2v) is 6.73. The summed E-state index contributed by atoms with van der Waals surface area (Å²) in [5.74, 6) is 0.357. The van der Waals surface area contributed by atoms with E-state index in [9.17, 15) is 4.79 Å². The summed E-state index contributed by atoms with van der Waals surface area (Å²) in [5.41, 5.74) is 1.34. The lowest BCUT2D eigenvalue weighted by Gasteiger charge is -2.29. The van der Waals surface area contributed by atoms with Crippen molar-refractivity contribution in [3.63, 3.8) is 0 Å². The van der Waals surface area contributed by atoms with E-state index < -0.39 is 0 Å². The Morgan fingerprint density at radius 1 is 1.32 bits per heavy atom. The first kappa shape index (κ1) is 13.0. The maximum Gasteiger partial charge on any atom is 0.236 e. The highest BCUT2D eigenvalue weighted by molar-refractivity contribution is 8.01. The van der Waals surface area contributed by atoms with Crippen LogP contribution in [0.3, 0.4) is 0 Å². The molecule has 0 N–H and O–H groups in total.